The van der Waals surface area contributed by atoms with Gasteiger partial charge in [-0.25, -0.2) is 0 Å². The van der Waals surface area contributed by atoms with Gasteiger partial charge in [-0.1, -0.05) is 48.9 Å². The second-order valence-electron chi connectivity index (χ2n) is 7.05. The molecule has 0 spiro atoms. The standard InChI is InChI=1S/C23H29ClN2O2S/c1-4-17(2)25-23(28)18(3)26(16-19-10-12-20(24)13-11-19)22(27)14-15-29-21-8-6-5-7-9-21/h5-13,17-18H,4,14-16H2,1-3H3,(H,25,28)/t17-,18-/m0/s1. The average Bonchev–Trinajstić information content (AvgIpc) is 2.73. The molecule has 0 radical (unpaired) electrons. The number of halogens is 1. The van der Waals surface area contributed by atoms with Crippen LogP contribution in [0, 0.1) is 0 Å². The van der Waals surface area contributed by atoms with Crippen molar-refractivity contribution < 1.29 is 9.59 Å². The minimum atomic E-state index is -0.547. The summed E-state index contributed by atoms with van der Waals surface area (Å²) in [5.41, 5.74) is 0.946. The number of nitrogens with one attached hydrogen (secondary N) is 1. The SMILES string of the molecule is CC[C@H](C)NC(=O)[C@H](C)N(Cc1ccc(Cl)cc1)C(=O)CCSc1ccccc1. The Kier molecular flexibility index (Phi) is 9.55. The highest BCUT2D eigenvalue weighted by atomic mass is 35.5. The van der Waals surface area contributed by atoms with Crippen LogP contribution in [0.2, 0.25) is 5.02 Å². The van der Waals surface area contributed by atoms with Gasteiger partial charge in [-0.05, 0) is 50.1 Å². The summed E-state index contributed by atoms with van der Waals surface area (Å²) in [5, 5.41) is 3.63. The molecule has 2 rings (SSSR count). The van der Waals surface area contributed by atoms with Crippen LogP contribution < -0.4 is 5.32 Å². The van der Waals surface area contributed by atoms with E-state index in [1.807, 2.05) is 56.3 Å². The Labute approximate surface area is 183 Å². The Bertz CT molecular complexity index is 783. The van der Waals surface area contributed by atoms with Gasteiger partial charge in [-0.3, -0.25) is 9.59 Å². The van der Waals surface area contributed by atoms with Gasteiger partial charge in [0.05, 0.1) is 0 Å². The Morgan fingerprint density at radius 1 is 1.07 bits per heavy atom. The normalized spacial score (nSPS) is 12.8. The Morgan fingerprint density at radius 3 is 2.34 bits per heavy atom. The van der Waals surface area contributed by atoms with E-state index in [0.29, 0.717) is 23.7 Å². The van der Waals surface area contributed by atoms with Crippen LogP contribution in [0.3, 0.4) is 0 Å². The summed E-state index contributed by atoms with van der Waals surface area (Å²) in [6.45, 7) is 6.15. The molecule has 0 fully saturated rings. The zero-order chi connectivity index (χ0) is 21.2. The van der Waals surface area contributed by atoms with E-state index in [1.165, 1.54) is 0 Å². The molecule has 0 unspecified atom stereocenters. The molecule has 4 nitrogen and oxygen atoms in total. The van der Waals surface area contributed by atoms with Gasteiger partial charge < -0.3 is 10.2 Å². The smallest absolute Gasteiger partial charge is 0.242 e. The predicted molar refractivity (Wildman–Crippen MR) is 121 cm³/mol. The van der Waals surface area contributed by atoms with E-state index >= 15 is 0 Å². The number of hydrogen-bond acceptors (Lipinski definition) is 3. The lowest BCUT2D eigenvalue weighted by Gasteiger charge is -2.29. The molecule has 0 aliphatic rings. The summed E-state index contributed by atoms with van der Waals surface area (Å²) < 4.78 is 0. The molecule has 0 aliphatic carbocycles. The van der Waals surface area contributed by atoms with E-state index in [1.54, 1.807) is 35.7 Å². The van der Waals surface area contributed by atoms with Crippen LogP contribution >= 0.6 is 23.4 Å². The molecule has 2 aromatic rings. The first-order valence-electron chi connectivity index (χ1n) is 9.92. The third-order valence-electron chi connectivity index (χ3n) is 4.76. The first-order chi connectivity index (χ1) is 13.9. The van der Waals surface area contributed by atoms with Crippen LogP contribution in [-0.2, 0) is 16.1 Å². The molecule has 0 bridgehead atoms. The maximum Gasteiger partial charge on any atom is 0.242 e. The molecule has 0 saturated carbocycles. The highest BCUT2D eigenvalue weighted by molar-refractivity contribution is 7.99. The van der Waals surface area contributed by atoms with Gasteiger partial charge in [0.2, 0.25) is 11.8 Å². The molecule has 0 aliphatic heterocycles. The Morgan fingerprint density at radius 2 is 1.72 bits per heavy atom. The minimum absolute atomic E-state index is 0.0322. The van der Waals surface area contributed by atoms with Crippen molar-refractivity contribution in [3.05, 3.63) is 65.2 Å². The van der Waals surface area contributed by atoms with E-state index in [2.05, 4.69) is 5.32 Å². The summed E-state index contributed by atoms with van der Waals surface area (Å²) >= 11 is 7.62. The quantitative estimate of drug-likeness (QED) is 0.528. The fraction of sp³-hybridized carbons (Fsp3) is 0.391. The van der Waals surface area contributed by atoms with E-state index in [-0.39, 0.29) is 17.9 Å². The molecular weight excluding hydrogens is 404 g/mol. The topological polar surface area (TPSA) is 49.4 Å². The molecule has 156 valence electrons. The van der Waals surface area contributed by atoms with Crippen molar-refractivity contribution in [3.8, 4) is 0 Å². The summed E-state index contributed by atoms with van der Waals surface area (Å²) in [6.07, 6.45) is 1.21. The maximum atomic E-state index is 13.0. The van der Waals surface area contributed by atoms with Gasteiger partial charge >= 0.3 is 0 Å². The second-order valence-corrected chi connectivity index (χ2v) is 8.66. The van der Waals surface area contributed by atoms with Crippen LogP contribution in [0.4, 0.5) is 0 Å². The van der Waals surface area contributed by atoms with Gasteiger partial charge in [-0.15, -0.1) is 11.8 Å². The number of carbonyl (C=O) groups is 2. The molecular formula is C23H29ClN2O2S. The number of hydrogen-bond donors (Lipinski definition) is 1. The number of carbonyl (C=O) groups excluding carboxylic acids is 2. The van der Waals surface area contributed by atoms with Gasteiger partial charge in [0.25, 0.3) is 0 Å². The van der Waals surface area contributed by atoms with E-state index in [4.69, 9.17) is 11.6 Å². The van der Waals surface area contributed by atoms with Crippen molar-refractivity contribution in [2.75, 3.05) is 5.75 Å². The first-order valence-corrected chi connectivity index (χ1v) is 11.3. The summed E-state index contributed by atoms with van der Waals surface area (Å²) in [4.78, 5) is 28.5. The van der Waals surface area contributed by atoms with Gasteiger partial charge in [0, 0.05) is 34.7 Å². The van der Waals surface area contributed by atoms with Crippen molar-refractivity contribution in [3.63, 3.8) is 0 Å². The second kappa shape index (κ2) is 11.9. The highest BCUT2D eigenvalue weighted by Crippen LogP contribution is 2.20. The lowest BCUT2D eigenvalue weighted by atomic mass is 10.1. The Balaban J connectivity index is 2.06. The molecule has 2 amide bonds. The summed E-state index contributed by atoms with van der Waals surface area (Å²) in [6, 6.07) is 16.9. The number of amides is 2. The van der Waals surface area contributed by atoms with Gasteiger partial charge in [-0.2, -0.15) is 0 Å². The fourth-order valence-corrected chi connectivity index (χ4v) is 3.74. The van der Waals surface area contributed by atoms with E-state index in [0.717, 1.165) is 16.9 Å². The van der Waals surface area contributed by atoms with Crippen LogP contribution in [0.5, 0.6) is 0 Å². The summed E-state index contributed by atoms with van der Waals surface area (Å²) in [5.74, 6) is 0.507. The largest absolute Gasteiger partial charge is 0.352 e. The number of thioether (sulfide) groups is 1. The lowest BCUT2D eigenvalue weighted by Crippen LogP contribution is -2.49. The molecule has 0 saturated heterocycles. The zero-order valence-corrected chi connectivity index (χ0v) is 18.8. The molecule has 0 heterocycles. The van der Waals surface area contributed by atoms with Crippen molar-refractivity contribution >= 4 is 35.2 Å². The minimum Gasteiger partial charge on any atom is -0.352 e. The van der Waals surface area contributed by atoms with Crippen LogP contribution in [0.25, 0.3) is 0 Å². The fourth-order valence-electron chi connectivity index (χ4n) is 2.75. The monoisotopic (exact) mass is 432 g/mol. The zero-order valence-electron chi connectivity index (χ0n) is 17.2. The van der Waals surface area contributed by atoms with Gasteiger partial charge in [0.15, 0.2) is 0 Å². The maximum absolute atomic E-state index is 13.0. The van der Waals surface area contributed by atoms with Crippen molar-refractivity contribution in [2.45, 2.75) is 57.1 Å². The molecule has 29 heavy (non-hydrogen) atoms. The molecule has 2 aromatic carbocycles. The van der Waals surface area contributed by atoms with Crippen molar-refractivity contribution in [1.82, 2.24) is 10.2 Å². The molecule has 1 N–H and O–H groups in total. The lowest BCUT2D eigenvalue weighted by molar-refractivity contribution is -0.140. The molecule has 2 atom stereocenters. The summed E-state index contributed by atoms with van der Waals surface area (Å²) in [7, 11) is 0. The number of nitrogens with zero attached hydrogens (tertiary/aromatic N) is 1. The average molecular weight is 433 g/mol. The Hall–Kier alpha value is -1.98. The highest BCUT2D eigenvalue weighted by Gasteiger charge is 2.26. The van der Waals surface area contributed by atoms with E-state index < -0.39 is 6.04 Å². The van der Waals surface area contributed by atoms with E-state index in [9.17, 15) is 9.59 Å². The molecule has 0 aromatic heterocycles. The van der Waals surface area contributed by atoms with Crippen LogP contribution in [0.15, 0.2) is 59.5 Å². The number of rotatable bonds is 10. The third-order valence-corrected chi connectivity index (χ3v) is 6.03. The van der Waals surface area contributed by atoms with Crippen molar-refractivity contribution in [2.24, 2.45) is 0 Å². The van der Waals surface area contributed by atoms with Crippen LogP contribution in [-0.4, -0.2) is 34.6 Å². The van der Waals surface area contributed by atoms with Gasteiger partial charge in [0.1, 0.15) is 6.04 Å². The first kappa shape index (κ1) is 23.3. The van der Waals surface area contributed by atoms with Crippen LogP contribution in [0.1, 0.15) is 39.2 Å². The van der Waals surface area contributed by atoms with Crippen molar-refractivity contribution in [1.29, 1.82) is 0 Å². The molecule has 6 heteroatoms. The third kappa shape index (κ3) is 7.75. The predicted octanol–water partition coefficient (Wildman–Crippen LogP) is 5.15. The number of benzene rings is 2.